The fraction of sp³-hybridized carbons (Fsp3) is 0.333. The van der Waals surface area contributed by atoms with Crippen molar-refractivity contribution in [1.82, 2.24) is 9.91 Å². The average Bonchev–Trinajstić information content (AvgIpc) is 2.69. The molecule has 0 spiro atoms. The molecule has 0 saturated heterocycles. The summed E-state index contributed by atoms with van der Waals surface area (Å²) in [5.74, 6) is -0.602. The zero-order valence-electron chi connectivity index (χ0n) is 18.2. The van der Waals surface area contributed by atoms with Crippen molar-refractivity contribution in [2.45, 2.75) is 12.8 Å². The van der Waals surface area contributed by atoms with Crippen molar-refractivity contribution < 1.29 is 9.52 Å². The maximum Gasteiger partial charge on any atom is 0.343 e. The van der Waals surface area contributed by atoms with E-state index in [4.69, 9.17) is 4.42 Å². The van der Waals surface area contributed by atoms with Gasteiger partial charge in [0.2, 0.25) is 0 Å². The number of hydrogen-bond donors (Lipinski definition) is 1. The van der Waals surface area contributed by atoms with E-state index < -0.39 is 11.5 Å². The van der Waals surface area contributed by atoms with Gasteiger partial charge in [-0.25, -0.2) is 4.79 Å². The Morgan fingerprint density at radius 2 is 1.67 bits per heavy atom. The zero-order chi connectivity index (χ0) is 21.8. The topological polar surface area (TPSA) is 69.3 Å². The molecule has 3 aromatic rings. The van der Waals surface area contributed by atoms with Crippen LogP contribution in [0.5, 0.6) is 5.75 Å². The molecule has 0 radical (unpaired) electrons. The second-order valence-electron chi connectivity index (χ2n) is 7.99. The van der Waals surface area contributed by atoms with Crippen molar-refractivity contribution in [3.05, 3.63) is 76.1 Å². The Kier molecular flexibility index (Phi) is 6.57. The van der Waals surface area contributed by atoms with Gasteiger partial charge in [-0.3, -0.25) is 0 Å². The third-order valence-corrected chi connectivity index (χ3v) is 5.15. The van der Waals surface area contributed by atoms with Crippen LogP contribution in [-0.2, 0) is 0 Å². The second-order valence-corrected chi connectivity index (χ2v) is 7.99. The summed E-state index contributed by atoms with van der Waals surface area (Å²) in [4.78, 5) is 15.2. The lowest BCUT2D eigenvalue weighted by Crippen LogP contribution is -2.35. The molecule has 2 aromatic carbocycles. The first-order valence-corrected chi connectivity index (χ1v) is 9.96. The van der Waals surface area contributed by atoms with Crippen molar-refractivity contribution >= 4 is 16.7 Å². The van der Waals surface area contributed by atoms with Gasteiger partial charge in [0, 0.05) is 38.2 Å². The van der Waals surface area contributed by atoms with Gasteiger partial charge in [0.05, 0.1) is 10.9 Å². The van der Waals surface area contributed by atoms with E-state index >= 15 is 0 Å². The van der Waals surface area contributed by atoms with Crippen molar-refractivity contribution in [3.8, 4) is 5.75 Å². The van der Waals surface area contributed by atoms with Crippen LogP contribution in [0, 0.1) is 5.92 Å². The average molecular weight is 408 g/mol. The molecule has 3 rings (SSSR count). The Labute approximate surface area is 177 Å². The van der Waals surface area contributed by atoms with Crippen molar-refractivity contribution in [2.24, 2.45) is 11.0 Å². The number of benzene rings is 2. The van der Waals surface area contributed by atoms with Crippen LogP contribution in [0.1, 0.15) is 24.0 Å². The molecular formula is C24H29N3O3. The zero-order valence-corrected chi connectivity index (χ0v) is 18.2. The number of rotatable bonds is 7. The van der Waals surface area contributed by atoms with Gasteiger partial charge in [0.15, 0.2) is 0 Å². The van der Waals surface area contributed by atoms with Crippen molar-refractivity contribution in [1.29, 1.82) is 0 Å². The molecule has 30 heavy (non-hydrogen) atoms. The molecular weight excluding hydrogens is 378 g/mol. The highest BCUT2D eigenvalue weighted by atomic mass is 16.4. The first-order chi connectivity index (χ1) is 14.3. The molecule has 2 atom stereocenters. The highest BCUT2D eigenvalue weighted by Crippen LogP contribution is 2.39. The van der Waals surface area contributed by atoms with E-state index in [1.54, 1.807) is 23.2 Å². The van der Waals surface area contributed by atoms with Gasteiger partial charge < -0.3 is 19.4 Å². The lowest BCUT2D eigenvalue weighted by Gasteiger charge is -2.30. The van der Waals surface area contributed by atoms with E-state index in [-0.39, 0.29) is 17.2 Å². The quantitative estimate of drug-likeness (QED) is 0.367. The van der Waals surface area contributed by atoms with Crippen molar-refractivity contribution in [2.75, 3.05) is 34.7 Å². The molecule has 0 saturated carbocycles. The lowest BCUT2D eigenvalue weighted by molar-refractivity contribution is 0.340. The number of fused-ring (bicyclic) bond motifs is 1. The fourth-order valence-corrected chi connectivity index (χ4v) is 3.94. The number of aromatic hydroxyl groups is 1. The highest BCUT2D eigenvalue weighted by Gasteiger charge is 2.33. The Hall–Kier alpha value is -3.12. The molecule has 6 heteroatoms. The Morgan fingerprint density at radius 3 is 2.30 bits per heavy atom. The Balaban J connectivity index is 2.31. The standard InChI is InChI=1S/C24H29N3O3/c1-16(25-27(4)5)19(15-26(2)3)21(17-11-7-6-8-12-17)22-23(28)18-13-9-10-14-20(18)30-24(22)29/h6-14,19,21,28H,15H2,1-5H3/b25-16+. The maximum absolute atomic E-state index is 13.1. The SMILES string of the molecule is C/C(=N\N(C)C)C(CN(C)C)C(c1ccccc1)c1c(O)c2ccccc2oc1=O. The second kappa shape index (κ2) is 9.13. The molecule has 158 valence electrons. The Morgan fingerprint density at radius 1 is 1.03 bits per heavy atom. The van der Waals surface area contributed by atoms with E-state index in [0.29, 0.717) is 17.5 Å². The molecule has 0 fully saturated rings. The smallest absolute Gasteiger partial charge is 0.343 e. The first kappa shape index (κ1) is 21.6. The number of hydrazone groups is 1. The van der Waals surface area contributed by atoms with E-state index in [2.05, 4.69) is 10.0 Å². The summed E-state index contributed by atoms with van der Waals surface area (Å²) in [7, 11) is 7.71. The summed E-state index contributed by atoms with van der Waals surface area (Å²) in [6, 6.07) is 16.8. The van der Waals surface area contributed by atoms with Crippen LogP contribution >= 0.6 is 0 Å². The van der Waals surface area contributed by atoms with E-state index in [0.717, 1.165) is 11.3 Å². The van der Waals surface area contributed by atoms with Crippen LogP contribution in [-0.4, -0.2) is 55.5 Å². The molecule has 6 nitrogen and oxygen atoms in total. The molecule has 0 aliphatic carbocycles. The minimum atomic E-state index is -0.526. The van der Waals surface area contributed by atoms with Crippen LogP contribution in [0.4, 0.5) is 0 Å². The predicted octanol–water partition coefficient (Wildman–Crippen LogP) is 3.75. The number of nitrogens with zero attached hydrogens (tertiary/aromatic N) is 3. The van der Waals surface area contributed by atoms with Crippen LogP contribution < -0.4 is 5.63 Å². The van der Waals surface area contributed by atoms with Gasteiger partial charge in [-0.1, -0.05) is 42.5 Å². The Bertz CT molecular complexity index is 1090. The molecule has 0 aliphatic heterocycles. The van der Waals surface area contributed by atoms with Gasteiger partial charge in [-0.05, 0) is 38.7 Å². The van der Waals surface area contributed by atoms with Crippen molar-refractivity contribution in [3.63, 3.8) is 0 Å². The first-order valence-electron chi connectivity index (χ1n) is 9.96. The molecule has 0 aliphatic rings. The number of para-hydroxylation sites is 1. The fourth-order valence-electron chi connectivity index (χ4n) is 3.94. The summed E-state index contributed by atoms with van der Waals surface area (Å²) >= 11 is 0. The largest absolute Gasteiger partial charge is 0.507 e. The van der Waals surface area contributed by atoms with E-state index in [1.165, 1.54) is 0 Å². The molecule has 0 bridgehead atoms. The van der Waals surface area contributed by atoms with Crippen LogP contribution in [0.15, 0.2) is 68.9 Å². The summed E-state index contributed by atoms with van der Waals surface area (Å²) in [6.45, 7) is 2.61. The van der Waals surface area contributed by atoms with Gasteiger partial charge >= 0.3 is 5.63 Å². The molecule has 1 N–H and O–H groups in total. The van der Waals surface area contributed by atoms with E-state index in [9.17, 15) is 9.90 Å². The van der Waals surface area contributed by atoms with Gasteiger partial charge in [-0.2, -0.15) is 5.10 Å². The summed E-state index contributed by atoms with van der Waals surface area (Å²) in [6.07, 6.45) is 0. The van der Waals surface area contributed by atoms with Gasteiger partial charge in [-0.15, -0.1) is 0 Å². The maximum atomic E-state index is 13.1. The molecule has 1 aromatic heterocycles. The summed E-state index contributed by atoms with van der Waals surface area (Å²) < 4.78 is 5.61. The lowest BCUT2D eigenvalue weighted by atomic mass is 9.78. The van der Waals surface area contributed by atoms with Crippen LogP contribution in [0.3, 0.4) is 0 Å². The van der Waals surface area contributed by atoms with Gasteiger partial charge in [0.1, 0.15) is 11.3 Å². The third kappa shape index (κ3) is 4.54. The molecule has 0 amide bonds. The number of hydrogen-bond acceptors (Lipinski definition) is 6. The highest BCUT2D eigenvalue weighted by molar-refractivity contribution is 5.88. The van der Waals surface area contributed by atoms with Crippen LogP contribution in [0.25, 0.3) is 11.0 Å². The summed E-state index contributed by atoms with van der Waals surface area (Å²) in [5, 5.41) is 18.1. The normalized spacial score (nSPS) is 14.1. The van der Waals surface area contributed by atoms with Gasteiger partial charge in [0.25, 0.3) is 0 Å². The minimum Gasteiger partial charge on any atom is -0.507 e. The molecule has 2 unspecified atom stereocenters. The predicted molar refractivity (Wildman–Crippen MR) is 121 cm³/mol. The minimum absolute atomic E-state index is 0.0305. The third-order valence-electron chi connectivity index (χ3n) is 5.15. The summed E-state index contributed by atoms with van der Waals surface area (Å²) in [5.41, 5.74) is 1.91. The van der Waals surface area contributed by atoms with Crippen LogP contribution in [0.2, 0.25) is 0 Å². The van der Waals surface area contributed by atoms with E-state index in [1.807, 2.05) is 71.5 Å². The monoisotopic (exact) mass is 407 g/mol. The molecule has 1 heterocycles.